The van der Waals surface area contributed by atoms with Crippen LogP contribution in [0.25, 0.3) is 0 Å². The van der Waals surface area contributed by atoms with Crippen molar-refractivity contribution in [2.45, 2.75) is 30.8 Å². The van der Waals surface area contributed by atoms with Crippen LogP contribution in [0.1, 0.15) is 19.8 Å². The van der Waals surface area contributed by atoms with Gasteiger partial charge in [-0.1, -0.05) is 11.6 Å². The molecule has 1 aromatic rings. The lowest BCUT2D eigenvalue weighted by Gasteiger charge is -2.30. The number of esters is 1. The molecule has 132 valence electrons. The molecule has 1 amide bonds. The van der Waals surface area contributed by atoms with Crippen LogP contribution in [-0.4, -0.2) is 43.8 Å². The van der Waals surface area contributed by atoms with Crippen LogP contribution in [0.4, 0.5) is 0 Å². The Morgan fingerprint density at radius 2 is 1.79 bits per heavy atom. The first-order chi connectivity index (χ1) is 11.2. The zero-order chi connectivity index (χ0) is 17.9. The van der Waals surface area contributed by atoms with Gasteiger partial charge in [0.2, 0.25) is 10.0 Å². The number of hydrogen-bond donors (Lipinski definition) is 1. The van der Waals surface area contributed by atoms with E-state index in [1.807, 2.05) is 0 Å². The predicted octanol–water partition coefficient (Wildman–Crippen LogP) is 1.16. The topological polar surface area (TPSA) is 107 Å². The smallest absolute Gasteiger partial charge is 0.309 e. The van der Waals surface area contributed by atoms with Gasteiger partial charge in [0.05, 0.1) is 10.8 Å². The molecule has 1 aromatic carbocycles. The molecule has 1 saturated heterocycles. The molecule has 24 heavy (non-hydrogen) atoms. The van der Waals surface area contributed by atoms with E-state index in [1.165, 1.54) is 35.5 Å². The molecule has 9 heteroatoms. The first-order valence-corrected chi connectivity index (χ1v) is 9.29. The minimum Gasteiger partial charge on any atom is -0.452 e. The molecule has 1 aliphatic rings. The van der Waals surface area contributed by atoms with Gasteiger partial charge in [-0.05, 0) is 44.0 Å². The average Bonchev–Trinajstić information content (AvgIpc) is 2.55. The molecule has 1 heterocycles. The van der Waals surface area contributed by atoms with Gasteiger partial charge in [-0.25, -0.2) is 8.42 Å². The second kappa shape index (κ2) is 7.50. The molecule has 0 aliphatic carbocycles. The minimum atomic E-state index is -3.62. The van der Waals surface area contributed by atoms with Crippen molar-refractivity contribution in [2.75, 3.05) is 13.1 Å². The normalized spacial score (nSPS) is 18.1. The van der Waals surface area contributed by atoms with Crippen molar-refractivity contribution in [2.24, 2.45) is 11.7 Å². The first-order valence-electron chi connectivity index (χ1n) is 7.47. The molecule has 0 saturated carbocycles. The summed E-state index contributed by atoms with van der Waals surface area (Å²) in [4.78, 5) is 23.1. The summed E-state index contributed by atoms with van der Waals surface area (Å²) in [5, 5.41) is 0.457. The largest absolute Gasteiger partial charge is 0.452 e. The first kappa shape index (κ1) is 18.7. The predicted molar refractivity (Wildman–Crippen MR) is 87.7 cm³/mol. The van der Waals surface area contributed by atoms with Crippen LogP contribution in [-0.2, 0) is 24.3 Å². The second-order valence-corrected chi connectivity index (χ2v) is 7.99. The zero-order valence-corrected chi connectivity index (χ0v) is 14.7. The molecule has 2 N–H and O–H groups in total. The molecule has 0 aromatic heterocycles. The Morgan fingerprint density at radius 3 is 2.29 bits per heavy atom. The van der Waals surface area contributed by atoms with Gasteiger partial charge >= 0.3 is 5.97 Å². The van der Waals surface area contributed by atoms with E-state index < -0.39 is 33.9 Å². The van der Waals surface area contributed by atoms with Crippen molar-refractivity contribution in [1.29, 1.82) is 0 Å². The Balaban J connectivity index is 1.98. The number of primary amides is 1. The zero-order valence-electron chi connectivity index (χ0n) is 13.1. The number of ether oxygens (including phenoxy) is 1. The number of halogens is 1. The van der Waals surface area contributed by atoms with Gasteiger partial charge in [0.1, 0.15) is 0 Å². The van der Waals surface area contributed by atoms with Crippen LogP contribution in [0.5, 0.6) is 0 Å². The Labute approximate surface area is 145 Å². The van der Waals surface area contributed by atoms with E-state index in [4.69, 9.17) is 22.1 Å². The van der Waals surface area contributed by atoms with Crippen LogP contribution >= 0.6 is 11.6 Å². The summed E-state index contributed by atoms with van der Waals surface area (Å²) in [7, 11) is -3.62. The highest BCUT2D eigenvalue weighted by Gasteiger charge is 2.33. The lowest BCUT2D eigenvalue weighted by atomic mass is 9.98. The summed E-state index contributed by atoms with van der Waals surface area (Å²) in [6.07, 6.45) is -0.331. The number of carbonyl (C=O) groups excluding carboxylic acids is 2. The number of hydrogen-bond acceptors (Lipinski definition) is 5. The number of piperidine rings is 1. The van der Waals surface area contributed by atoms with Gasteiger partial charge in [0.15, 0.2) is 6.10 Å². The molecule has 1 aliphatic heterocycles. The molecule has 0 radical (unpaired) electrons. The van der Waals surface area contributed by atoms with Crippen molar-refractivity contribution in [3.8, 4) is 0 Å². The molecule has 0 unspecified atom stereocenters. The molecule has 2 rings (SSSR count). The fraction of sp³-hybridized carbons (Fsp3) is 0.467. The van der Waals surface area contributed by atoms with Crippen molar-refractivity contribution >= 4 is 33.5 Å². The highest BCUT2D eigenvalue weighted by Crippen LogP contribution is 2.25. The van der Waals surface area contributed by atoms with E-state index in [2.05, 4.69) is 0 Å². The van der Waals surface area contributed by atoms with E-state index in [0.29, 0.717) is 17.9 Å². The maximum Gasteiger partial charge on any atom is 0.309 e. The molecular weight excluding hydrogens is 356 g/mol. The molecule has 0 spiro atoms. The van der Waals surface area contributed by atoms with Crippen molar-refractivity contribution in [1.82, 2.24) is 4.31 Å². The average molecular weight is 375 g/mol. The fourth-order valence-corrected chi connectivity index (χ4v) is 4.01. The molecule has 1 atom stereocenters. The lowest BCUT2D eigenvalue weighted by Crippen LogP contribution is -2.41. The van der Waals surface area contributed by atoms with Crippen LogP contribution < -0.4 is 5.73 Å². The van der Waals surface area contributed by atoms with Crippen molar-refractivity contribution in [3.05, 3.63) is 29.3 Å². The van der Waals surface area contributed by atoms with Gasteiger partial charge in [0, 0.05) is 18.1 Å². The molecular formula is C15H19ClN2O5S. The van der Waals surface area contributed by atoms with Crippen molar-refractivity contribution < 1.29 is 22.7 Å². The van der Waals surface area contributed by atoms with E-state index in [0.717, 1.165) is 0 Å². The Hall–Kier alpha value is -1.64. The number of nitrogens with zero attached hydrogens (tertiary/aromatic N) is 1. The van der Waals surface area contributed by atoms with Gasteiger partial charge in [0.25, 0.3) is 5.91 Å². The number of amides is 1. The number of carbonyl (C=O) groups is 2. The van der Waals surface area contributed by atoms with Gasteiger partial charge in [-0.15, -0.1) is 0 Å². The summed E-state index contributed by atoms with van der Waals surface area (Å²) in [6, 6.07) is 5.94. The maximum atomic E-state index is 12.5. The van der Waals surface area contributed by atoms with Crippen molar-refractivity contribution in [3.63, 3.8) is 0 Å². The van der Waals surface area contributed by atoms with E-state index >= 15 is 0 Å². The molecule has 1 fully saturated rings. The summed E-state index contributed by atoms with van der Waals surface area (Å²) in [5.74, 6) is -1.68. The highest BCUT2D eigenvalue weighted by molar-refractivity contribution is 7.89. The Kier molecular flexibility index (Phi) is 5.84. The standard InChI is InChI=1S/C15H19ClN2O5S/c1-10(14(17)19)23-15(20)11-6-8-18(9-7-11)24(21,22)13-4-2-12(16)3-5-13/h2-5,10-11H,6-9H2,1H3,(H2,17,19)/t10-/m1/s1. The van der Waals surface area contributed by atoms with E-state index in [-0.39, 0.29) is 18.0 Å². The van der Waals surface area contributed by atoms with Crippen LogP contribution in [0.15, 0.2) is 29.2 Å². The third kappa shape index (κ3) is 4.25. The van der Waals surface area contributed by atoms with Crippen LogP contribution in [0.2, 0.25) is 5.02 Å². The highest BCUT2D eigenvalue weighted by atomic mass is 35.5. The van der Waals surface area contributed by atoms with E-state index in [1.54, 1.807) is 0 Å². The van der Waals surface area contributed by atoms with Gasteiger partial charge in [-0.2, -0.15) is 4.31 Å². The Morgan fingerprint density at radius 1 is 1.25 bits per heavy atom. The third-order valence-electron chi connectivity index (χ3n) is 3.93. The summed E-state index contributed by atoms with van der Waals surface area (Å²) < 4.78 is 31.4. The number of rotatable bonds is 5. The van der Waals surface area contributed by atoms with Gasteiger partial charge in [-0.3, -0.25) is 9.59 Å². The van der Waals surface area contributed by atoms with Crippen LogP contribution in [0.3, 0.4) is 0 Å². The second-order valence-electron chi connectivity index (χ2n) is 5.61. The lowest BCUT2D eigenvalue weighted by molar-refractivity contribution is -0.159. The Bertz CT molecular complexity index is 712. The number of benzene rings is 1. The molecule has 7 nitrogen and oxygen atoms in total. The summed E-state index contributed by atoms with van der Waals surface area (Å²) in [6.45, 7) is 1.81. The number of nitrogens with two attached hydrogens (primary N) is 1. The third-order valence-corrected chi connectivity index (χ3v) is 6.10. The van der Waals surface area contributed by atoms with Gasteiger partial charge < -0.3 is 10.5 Å². The summed E-state index contributed by atoms with van der Waals surface area (Å²) in [5.41, 5.74) is 5.05. The monoisotopic (exact) mass is 374 g/mol. The number of sulfonamides is 1. The fourth-order valence-electron chi connectivity index (χ4n) is 2.42. The minimum absolute atomic E-state index is 0.162. The summed E-state index contributed by atoms with van der Waals surface area (Å²) >= 11 is 5.77. The quantitative estimate of drug-likeness (QED) is 0.778. The van der Waals surface area contributed by atoms with Crippen LogP contribution in [0, 0.1) is 5.92 Å². The van der Waals surface area contributed by atoms with E-state index in [9.17, 15) is 18.0 Å². The molecule has 0 bridgehead atoms. The maximum absolute atomic E-state index is 12.5. The SMILES string of the molecule is C[C@@H](OC(=O)C1CCN(S(=O)(=O)c2ccc(Cl)cc2)CC1)C(N)=O.